The summed E-state index contributed by atoms with van der Waals surface area (Å²) in [5.74, 6) is 1.45. The highest BCUT2D eigenvalue weighted by molar-refractivity contribution is 5.43. The number of hydrogen-bond acceptors (Lipinski definition) is 6. The van der Waals surface area contributed by atoms with Gasteiger partial charge >= 0.3 is 0 Å². The second-order valence-corrected chi connectivity index (χ2v) is 9.66. The number of piperidine rings is 1. The first kappa shape index (κ1) is 25.3. The van der Waals surface area contributed by atoms with Gasteiger partial charge in [0.2, 0.25) is 0 Å². The molecule has 0 saturated carbocycles. The van der Waals surface area contributed by atoms with E-state index in [9.17, 15) is 5.11 Å². The monoisotopic (exact) mass is 447 g/mol. The Labute approximate surface area is 195 Å². The number of β-amino-alcohol motifs (C(OH)–C–C–N with tert-alkyl or cyclic N) is 1. The zero-order chi connectivity index (χ0) is 22.6. The van der Waals surface area contributed by atoms with Gasteiger partial charge in [-0.1, -0.05) is 31.7 Å². The van der Waals surface area contributed by atoms with Crippen LogP contribution in [0.4, 0.5) is 0 Å². The Kier molecular flexibility index (Phi) is 11.1. The lowest BCUT2D eigenvalue weighted by molar-refractivity contribution is 0.0644. The van der Waals surface area contributed by atoms with Gasteiger partial charge in [-0.15, -0.1) is 0 Å². The Morgan fingerprint density at radius 3 is 2.22 bits per heavy atom. The smallest absolute Gasteiger partial charge is 0.161 e. The van der Waals surface area contributed by atoms with Crippen molar-refractivity contribution in [1.82, 2.24) is 14.7 Å². The zero-order valence-corrected chi connectivity index (χ0v) is 20.4. The SMILES string of the molecule is COc1ccc(CN(C)CCN2CCCCC2)cc1OCC(O)CN1CCCCCCC1. The minimum absolute atomic E-state index is 0.293. The van der Waals surface area contributed by atoms with E-state index in [4.69, 9.17) is 9.47 Å². The van der Waals surface area contributed by atoms with Crippen LogP contribution in [-0.4, -0.2) is 92.5 Å². The van der Waals surface area contributed by atoms with E-state index in [1.807, 2.05) is 6.07 Å². The maximum Gasteiger partial charge on any atom is 0.161 e. The average molecular weight is 448 g/mol. The molecule has 0 amide bonds. The molecule has 1 aromatic carbocycles. The first-order valence-corrected chi connectivity index (χ1v) is 12.7. The Hall–Kier alpha value is -1.34. The topological polar surface area (TPSA) is 48.4 Å². The van der Waals surface area contributed by atoms with Gasteiger partial charge < -0.3 is 29.3 Å². The molecule has 1 aromatic rings. The van der Waals surface area contributed by atoms with Crippen molar-refractivity contribution in [2.45, 2.75) is 64.0 Å². The molecule has 32 heavy (non-hydrogen) atoms. The number of likely N-dealkylation sites (N-methyl/N-ethyl adjacent to an activating group) is 1. The molecule has 2 aliphatic heterocycles. The number of aliphatic hydroxyl groups excluding tert-OH is 1. The van der Waals surface area contributed by atoms with Crippen LogP contribution in [0.25, 0.3) is 0 Å². The molecule has 2 aliphatic rings. The Balaban J connectivity index is 1.46. The van der Waals surface area contributed by atoms with Gasteiger partial charge in [0, 0.05) is 26.2 Å². The predicted octanol–water partition coefficient (Wildman–Crippen LogP) is 3.62. The number of aliphatic hydroxyl groups is 1. The van der Waals surface area contributed by atoms with E-state index in [0.29, 0.717) is 13.2 Å². The fourth-order valence-electron chi connectivity index (χ4n) is 4.85. The Morgan fingerprint density at radius 1 is 0.906 bits per heavy atom. The van der Waals surface area contributed by atoms with Gasteiger partial charge in [0.1, 0.15) is 12.7 Å². The van der Waals surface area contributed by atoms with Gasteiger partial charge in [-0.2, -0.15) is 0 Å². The van der Waals surface area contributed by atoms with Gasteiger partial charge in [0.05, 0.1) is 7.11 Å². The van der Waals surface area contributed by atoms with E-state index >= 15 is 0 Å². The third kappa shape index (κ3) is 8.89. The first-order chi connectivity index (χ1) is 15.6. The lowest BCUT2D eigenvalue weighted by Gasteiger charge is -2.28. The average Bonchev–Trinajstić information content (AvgIpc) is 2.79. The van der Waals surface area contributed by atoms with E-state index in [1.54, 1.807) is 7.11 Å². The Morgan fingerprint density at radius 2 is 1.53 bits per heavy atom. The van der Waals surface area contributed by atoms with Crippen LogP contribution >= 0.6 is 0 Å². The summed E-state index contributed by atoms with van der Waals surface area (Å²) in [4.78, 5) is 7.34. The van der Waals surface area contributed by atoms with E-state index in [0.717, 1.165) is 44.2 Å². The highest BCUT2D eigenvalue weighted by atomic mass is 16.5. The van der Waals surface area contributed by atoms with Crippen LogP contribution in [0, 0.1) is 0 Å². The first-order valence-electron chi connectivity index (χ1n) is 12.7. The number of benzene rings is 1. The number of ether oxygens (including phenoxy) is 2. The molecule has 3 rings (SSSR count). The van der Waals surface area contributed by atoms with Crippen LogP contribution in [0.2, 0.25) is 0 Å². The highest BCUT2D eigenvalue weighted by Crippen LogP contribution is 2.28. The predicted molar refractivity (Wildman–Crippen MR) is 131 cm³/mol. The fraction of sp³-hybridized carbons (Fsp3) is 0.769. The van der Waals surface area contributed by atoms with E-state index in [1.165, 1.54) is 70.0 Å². The molecule has 1 N–H and O–H groups in total. The van der Waals surface area contributed by atoms with Crippen molar-refractivity contribution in [3.63, 3.8) is 0 Å². The number of hydrogen-bond donors (Lipinski definition) is 1. The number of rotatable bonds is 11. The summed E-state index contributed by atoms with van der Waals surface area (Å²) in [6.45, 7) is 8.71. The fourth-order valence-corrected chi connectivity index (χ4v) is 4.85. The van der Waals surface area contributed by atoms with E-state index in [-0.39, 0.29) is 0 Å². The number of nitrogens with zero attached hydrogens (tertiary/aromatic N) is 3. The van der Waals surface area contributed by atoms with E-state index < -0.39 is 6.10 Å². The normalized spacial score (nSPS) is 20.0. The molecule has 1 unspecified atom stereocenters. The third-order valence-electron chi connectivity index (χ3n) is 6.78. The minimum atomic E-state index is -0.491. The summed E-state index contributed by atoms with van der Waals surface area (Å²) in [5.41, 5.74) is 1.21. The molecule has 0 bridgehead atoms. The maximum absolute atomic E-state index is 10.6. The second-order valence-electron chi connectivity index (χ2n) is 9.66. The van der Waals surface area contributed by atoms with Gasteiger partial charge in [0.25, 0.3) is 0 Å². The van der Waals surface area contributed by atoms with Gasteiger partial charge in [-0.25, -0.2) is 0 Å². The lowest BCUT2D eigenvalue weighted by Crippen LogP contribution is -2.37. The second kappa shape index (κ2) is 14.0. The molecule has 0 spiro atoms. The van der Waals surface area contributed by atoms with Crippen molar-refractivity contribution in [3.05, 3.63) is 23.8 Å². The van der Waals surface area contributed by atoms with Crippen LogP contribution in [-0.2, 0) is 6.54 Å². The Bertz CT molecular complexity index is 643. The summed E-state index contributed by atoms with van der Waals surface area (Å²) < 4.78 is 11.5. The van der Waals surface area contributed by atoms with Gasteiger partial charge in [-0.05, 0) is 76.6 Å². The van der Waals surface area contributed by atoms with Crippen molar-refractivity contribution in [2.24, 2.45) is 0 Å². The van der Waals surface area contributed by atoms with Crippen LogP contribution in [0.5, 0.6) is 11.5 Å². The molecule has 182 valence electrons. The third-order valence-corrected chi connectivity index (χ3v) is 6.78. The summed E-state index contributed by atoms with van der Waals surface area (Å²) in [5, 5.41) is 10.6. The summed E-state index contributed by atoms with van der Waals surface area (Å²) in [6.07, 6.45) is 9.99. The van der Waals surface area contributed by atoms with Crippen molar-refractivity contribution in [3.8, 4) is 11.5 Å². The highest BCUT2D eigenvalue weighted by Gasteiger charge is 2.16. The van der Waals surface area contributed by atoms with Crippen molar-refractivity contribution < 1.29 is 14.6 Å². The van der Waals surface area contributed by atoms with Crippen LogP contribution in [0.3, 0.4) is 0 Å². The standard InChI is InChI=1S/C26H45N3O3/c1-27(17-18-28-13-9-6-10-14-28)20-23-11-12-25(31-2)26(19-23)32-22-24(30)21-29-15-7-4-3-5-8-16-29/h11-12,19,24,30H,3-10,13-18,20-22H2,1-2H3. The molecule has 2 fully saturated rings. The molecule has 6 heteroatoms. The lowest BCUT2D eigenvalue weighted by atomic mass is 10.1. The molecule has 1 atom stereocenters. The number of methoxy groups -OCH3 is 1. The van der Waals surface area contributed by atoms with Crippen molar-refractivity contribution >= 4 is 0 Å². The molecule has 2 heterocycles. The summed E-state index contributed by atoms with van der Waals surface area (Å²) >= 11 is 0. The molecular weight excluding hydrogens is 402 g/mol. The van der Waals surface area contributed by atoms with Crippen molar-refractivity contribution in [2.75, 3.05) is 66.6 Å². The van der Waals surface area contributed by atoms with Crippen LogP contribution in [0.15, 0.2) is 18.2 Å². The summed E-state index contributed by atoms with van der Waals surface area (Å²) in [6, 6.07) is 6.16. The van der Waals surface area contributed by atoms with E-state index in [2.05, 4.69) is 33.9 Å². The summed E-state index contributed by atoms with van der Waals surface area (Å²) in [7, 11) is 3.85. The molecule has 2 saturated heterocycles. The van der Waals surface area contributed by atoms with Crippen LogP contribution < -0.4 is 9.47 Å². The molecule has 0 aromatic heterocycles. The number of likely N-dealkylation sites (tertiary alicyclic amines) is 2. The molecular formula is C26H45N3O3. The molecule has 0 radical (unpaired) electrons. The zero-order valence-electron chi connectivity index (χ0n) is 20.4. The minimum Gasteiger partial charge on any atom is -0.493 e. The van der Waals surface area contributed by atoms with Crippen molar-refractivity contribution in [1.29, 1.82) is 0 Å². The largest absolute Gasteiger partial charge is 0.493 e. The van der Waals surface area contributed by atoms with Crippen LogP contribution in [0.1, 0.15) is 56.9 Å². The molecule has 0 aliphatic carbocycles. The maximum atomic E-state index is 10.6. The van der Waals surface area contributed by atoms with Gasteiger partial charge in [0.15, 0.2) is 11.5 Å². The van der Waals surface area contributed by atoms with Gasteiger partial charge in [-0.3, -0.25) is 0 Å². The quantitative estimate of drug-likeness (QED) is 0.559. The molecule has 6 nitrogen and oxygen atoms in total.